The summed E-state index contributed by atoms with van der Waals surface area (Å²) in [6.45, 7) is 10.5. The van der Waals surface area contributed by atoms with Crippen LogP contribution in [0, 0.1) is 17.3 Å². The van der Waals surface area contributed by atoms with E-state index in [1.807, 2.05) is 0 Å². The van der Waals surface area contributed by atoms with Gasteiger partial charge in [-0.15, -0.1) is 0 Å². The highest BCUT2D eigenvalue weighted by Gasteiger charge is 2.46. The second-order valence-corrected chi connectivity index (χ2v) is 7.92. The summed E-state index contributed by atoms with van der Waals surface area (Å²) >= 11 is 0. The molecule has 0 saturated heterocycles. The second-order valence-electron chi connectivity index (χ2n) is 7.92. The van der Waals surface area contributed by atoms with E-state index < -0.39 is 0 Å². The fourth-order valence-electron chi connectivity index (χ4n) is 4.12. The summed E-state index contributed by atoms with van der Waals surface area (Å²) in [7, 11) is 0. The summed E-state index contributed by atoms with van der Waals surface area (Å²) in [4.78, 5) is 24.8. The zero-order valence-electron chi connectivity index (χ0n) is 14.8. The van der Waals surface area contributed by atoms with E-state index in [9.17, 15) is 9.59 Å². The van der Waals surface area contributed by atoms with E-state index in [4.69, 9.17) is 0 Å². The van der Waals surface area contributed by atoms with Crippen LogP contribution in [0.25, 0.3) is 0 Å². The molecule has 22 heavy (non-hydrogen) atoms. The van der Waals surface area contributed by atoms with Gasteiger partial charge in [0.25, 0.3) is 0 Å². The summed E-state index contributed by atoms with van der Waals surface area (Å²) < 4.78 is 0. The molecule has 122 valence electrons. The van der Waals surface area contributed by atoms with Gasteiger partial charge in [0.2, 0.25) is 0 Å². The summed E-state index contributed by atoms with van der Waals surface area (Å²) in [5.41, 5.74) is 3.53. The van der Waals surface area contributed by atoms with Crippen molar-refractivity contribution >= 4 is 11.6 Å². The summed E-state index contributed by atoms with van der Waals surface area (Å²) in [5, 5.41) is 0. The van der Waals surface area contributed by atoms with Crippen LogP contribution in [-0.4, -0.2) is 11.6 Å². The first-order chi connectivity index (χ1) is 10.2. The number of rotatable bonds is 0. The number of hydrogen-bond donors (Lipinski definition) is 0. The molecule has 2 aliphatic carbocycles. The molecule has 2 aliphatic rings. The van der Waals surface area contributed by atoms with Gasteiger partial charge in [0.1, 0.15) is 5.78 Å². The maximum Gasteiger partial charge on any atom is 0.159 e. The van der Waals surface area contributed by atoms with Gasteiger partial charge in [-0.2, -0.15) is 0 Å². The molecule has 0 N–H and O–H groups in total. The largest absolute Gasteiger partial charge is 0.299 e. The Labute approximate surface area is 135 Å². The van der Waals surface area contributed by atoms with Gasteiger partial charge in [0.05, 0.1) is 0 Å². The number of ketones is 2. The molecule has 1 saturated carbocycles. The molecule has 2 rings (SSSR count). The lowest BCUT2D eigenvalue weighted by Gasteiger charge is -2.31. The maximum atomic E-state index is 12.5. The van der Waals surface area contributed by atoms with Gasteiger partial charge in [-0.3, -0.25) is 9.59 Å². The van der Waals surface area contributed by atoms with Gasteiger partial charge < -0.3 is 0 Å². The molecular formula is C20H30O2. The smallest absolute Gasteiger partial charge is 0.159 e. The van der Waals surface area contributed by atoms with Crippen molar-refractivity contribution in [1.82, 2.24) is 0 Å². The Morgan fingerprint density at radius 1 is 1.18 bits per heavy atom. The minimum absolute atomic E-state index is 0.0258. The lowest BCUT2D eigenvalue weighted by atomic mass is 9.72. The lowest BCUT2D eigenvalue weighted by molar-refractivity contribution is -0.122. The first-order valence-electron chi connectivity index (χ1n) is 8.63. The molecule has 0 aromatic heterocycles. The number of carbonyl (C=O) groups excluding carboxylic acids is 2. The quantitative estimate of drug-likeness (QED) is 0.464. The topological polar surface area (TPSA) is 34.1 Å². The van der Waals surface area contributed by atoms with Gasteiger partial charge in [0.15, 0.2) is 5.78 Å². The first-order valence-corrected chi connectivity index (χ1v) is 8.63. The Hall–Kier alpha value is -1.18. The highest BCUT2D eigenvalue weighted by molar-refractivity contribution is 5.99. The Morgan fingerprint density at radius 2 is 1.86 bits per heavy atom. The SMILES string of the molecule is CC(C)=C1C(=O)C[C@]2(C)C/C=C(\C)CCC(=O)C(C)CCC12. The van der Waals surface area contributed by atoms with Crippen molar-refractivity contribution in [3.8, 4) is 0 Å². The van der Waals surface area contributed by atoms with Crippen molar-refractivity contribution in [2.24, 2.45) is 17.3 Å². The number of allylic oxidation sites excluding steroid dienone is 4. The monoisotopic (exact) mass is 302 g/mol. The van der Waals surface area contributed by atoms with E-state index in [0.717, 1.165) is 36.8 Å². The van der Waals surface area contributed by atoms with E-state index in [2.05, 4.69) is 40.7 Å². The molecule has 0 aliphatic heterocycles. The molecule has 3 atom stereocenters. The number of hydrogen-bond acceptors (Lipinski definition) is 2. The van der Waals surface area contributed by atoms with Crippen LogP contribution < -0.4 is 0 Å². The number of Topliss-reactive ketones (excluding diaryl/α,β-unsaturated/α-hetero) is 2. The predicted octanol–water partition coefficient (Wildman–Crippen LogP) is 5.03. The fraction of sp³-hybridized carbons (Fsp3) is 0.700. The van der Waals surface area contributed by atoms with E-state index in [-0.39, 0.29) is 11.3 Å². The van der Waals surface area contributed by atoms with E-state index >= 15 is 0 Å². The zero-order valence-corrected chi connectivity index (χ0v) is 14.8. The van der Waals surface area contributed by atoms with Crippen molar-refractivity contribution < 1.29 is 9.59 Å². The molecular weight excluding hydrogens is 272 g/mol. The Morgan fingerprint density at radius 3 is 2.50 bits per heavy atom. The van der Waals surface area contributed by atoms with Crippen LogP contribution in [0.5, 0.6) is 0 Å². The molecule has 2 unspecified atom stereocenters. The van der Waals surface area contributed by atoms with Crippen LogP contribution >= 0.6 is 0 Å². The molecule has 0 spiro atoms. The molecule has 1 fully saturated rings. The minimum Gasteiger partial charge on any atom is -0.299 e. The van der Waals surface area contributed by atoms with Gasteiger partial charge in [-0.1, -0.05) is 31.1 Å². The zero-order chi connectivity index (χ0) is 16.5. The van der Waals surface area contributed by atoms with Gasteiger partial charge in [-0.05, 0) is 63.4 Å². The van der Waals surface area contributed by atoms with Crippen LogP contribution in [-0.2, 0) is 9.59 Å². The van der Waals surface area contributed by atoms with Crippen LogP contribution in [0.2, 0.25) is 0 Å². The molecule has 2 nitrogen and oxygen atoms in total. The van der Waals surface area contributed by atoms with Crippen molar-refractivity contribution in [2.75, 3.05) is 0 Å². The summed E-state index contributed by atoms with van der Waals surface area (Å²) in [6.07, 6.45) is 7.29. The van der Waals surface area contributed by atoms with Crippen LogP contribution in [0.3, 0.4) is 0 Å². The molecule has 0 aromatic carbocycles. The molecule has 0 amide bonds. The lowest BCUT2D eigenvalue weighted by Crippen LogP contribution is -2.23. The Bertz CT molecular complexity index is 534. The van der Waals surface area contributed by atoms with Crippen molar-refractivity contribution in [2.45, 2.75) is 73.1 Å². The van der Waals surface area contributed by atoms with E-state index in [1.54, 1.807) is 0 Å². The van der Waals surface area contributed by atoms with Crippen molar-refractivity contribution in [3.63, 3.8) is 0 Å². The molecule has 0 heterocycles. The van der Waals surface area contributed by atoms with Gasteiger partial charge >= 0.3 is 0 Å². The molecule has 2 heteroatoms. The highest BCUT2D eigenvalue weighted by Crippen LogP contribution is 2.51. The number of carbonyl (C=O) groups is 2. The standard InChI is InChI=1S/C20H30O2/c1-13(2)19-16-8-7-15(4)17(21)9-6-14(3)10-11-20(16,5)12-18(19)22/h10,15-16H,6-9,11-12H2,1-5H3/b14-10+/t15?,16?,20-/m0/s1. The summed E-state index contributed by atoms with van der Waals surface area (Å²) in [5.74, 6) is 1.13. The maximum absolute atomic E-state index is 12.5. The highest BCUT2D eigenvalue weighted by atomic mass is 16.1. The average Bonchev–Trinajstić information content (AvgIpc) is 2.69. The van der Waals surface area contributed by atoms with E-state index in [1.165, 1.54) is 5.57 Å². The minimum atomic E-state index is 0.0258. The first kappa shape index (κ1) is 17.2. The van der Waals surface area contributed by atoms with Crippen LogP contribution in [0.15, 0.2) is 22.8 Å². The summed E-state index contributed by atoms with van der Waals surface area (Å²) in [6, 6.07) is 0. The van der Waals surface area contributed by atoms with Crippen LogP contribution in [0.4, 0.5) is 0 Å². The third-order valence-corrected chi connectivity index (χ3v) is 5.71. The average molecular weight is 302 g/mol. The molecule has 0 aromatic rings. The molecule has 0 bridgehead atoms. The molecule has 0 radical (unpaired) electrons. The third-order valence-electron chi connectivity index (χ3n) is 5.71. The fourth-order valence-corrected chi connectivity index (χ4v) is 4.12. The Kier molecular flexibility index (Phi) is 5.09. The van der Waals surface area contributed by atoms with Crippen LogP contribution in [0.1, 0.15) is 73.1 Å². The van der Waals surface area contributed by atoms with Gasteiger partial charge in [0, 0.05) is 18.8 Å². The van der Waals surface area contributed by atoms with Crippen molar-refractivity contribution in [3.05, 3.63) is 22.8 Å². The van der Waals surface area contributed by atoms with Gasteiger partial charge in [-0.25, -0.2) is 0 Å². The second kappa shape index (κ2) is 6.52. The van der Waals surface area contributed by atoms with E-state index in [0.29, 0.717) is 30.3 Å². The normalized spacial score (nSPS) is 36.4. The number of fused-ring (bicyclic) bond motifs is 1. The van der Waals surface area contributed by atoms with Crippen molar-refractivity contribution in [1.29, 1.82) is 0 Å². The predicted molar refractivity (Wildman–Crippen MR) is 90.6 cm³/mol. The third kappa shape index (κ3) is 3.42. The Balaban J connectivity index is 2.39.